The second kappa shape index (κ2) is 8.03. The first-order chi connectivity index (χ1) is 13.1. The van der Waals surface area contributed by atoms with Gasteiger partial charge in [0.05, 0.1) is 6.42 Å². The Morgan fingerprint density at radius 2 is 1.10 bits per heavy atom. The molecule has 0 saturated carbocycles. The van der Waals surface area contributed by atoms with E-state index in [1.54, 1.807) is 0 Å². The first kappa shape index (κ1) is 23.9. The average Bonchev–Trinajstić information content (AvgIpc) is 2.53. The Labute approximate surface area is 176 Å². The Balaban J connectivity index is 2.00. The molecule has 0 aromatic carbocycles. The van der Waals surface area contributed by atoms with Gasteiger partial charge in [-0.15, -0.1) is 0 Å². The highest BCUT2D eigenvalue weighted by molar-refractivity contribution is 5.93. The Bertz CT molecular complexity index is 632. The van der Waals surface area contributed by atoms with Crippen molar-refractivity contribution in [2.45, 2.75) is 74.0 Å². The van der Waals surface area contributed by atoms with Gasteiger partial charge in [0.1, 0.15) is 12.2 Å². The predicted molar refractivity (Wildman–Crippen MR) is 114 cm³/mol. The molecule has 0 aliphatic carbocycles. The first-order valence-corrected chi connectivity index (χ1v) is 10.6. The topological polar surface area (TPSA) is 76.7 Å². The predicted octanol–water partition coefficient (Wildman–Crippen LogP) is 3.07. The zero-order valence-electron chi connectivity index (χ0n) is 19.5. The summed E-state index contributed by atoms with van der Waals surface area (Å²) >= 11 is 0. The minimum absolute atomic E-state index is 0.143. The zero-order chi connectivity index (χ0) is 22.3. The van der Waals surface area contributed by atoms with Crippen molar-refractivity contribution in [3.8, 4) is 0 Å². The fraction of sp³-hybridized carbons (Fsp3) is 0.826. The Hall–Kier alpha value is -1.40. The van der Waals surface area contributed by atoms with Gasteiger partial charge in [-0.05, 0) is 0 Å². The minimum atomic E-state index is -0.515. The molecule has 166 valence electrons. The quantitative estimate of drug-likeness (QED) is 0.538. The van der Waals surface area contributed by atoms with Crippen LogP contribution in [0.15, 0.2) is 12.2 Å². The van der Waals surface area contributed by atoms with Crippen LogP contribution >= 0.6 is 0 Å². The summed E-state index contributed by atoms with van der Waals surface area (Å²) in [6.45, 7) is 23.6. The van der Waals surface area contributed by atoms with Crippen molar-refractivity contribution >= 4 is 11.9 Å². The van der Waals surface area contributed by atoms with Crippen molar-refractivity contribution in [2.24, 2.45) is 21.7 Å². The Kier molecular flexibility index (Phi) is 6.61. The van der Waals surface area contributed by atoms with Crippen molar-refractivity contribution in [1.29, 1.82) is 0 Å². The van der Waals surface area contributed by atoms with E-state index in [0.717, 1.165) is 26.2 Å². The third-order valence-electron chi connectivity index (χ3n) is 6.28. The average molecular weight is 409 g/mol. The standard InChI is InChI=1S/C23H40N2O4/c1-15(17(27)29-19-22(6,7)13-25-14-23(19,8)9)10-16(26)28-18-20(2,3)11-24-12-21(18,4)5/h18-19,24-25H,1,10-14H2,2-9H3. The molecule has 0 atom stereocenters. The molecular formula is C23H40N2O4. The van der Waals surface area contributed by atoms with Gasteiger partial charge in [-0.25, -0.2) is 4.79 Å². The number of piperidine rings is 2. The molecule has 2 aliphatic rings. The fourth-order valence-corrected chi connectivity index (χ4v) is 5.15. The summed E-state index contributed by atoms with van der Waals surface area (Å²) in [6, 6.07) is 0. The normalized spacial score (nSPS) is 25.8. The van der Waals surface area contributed by atoms with E-state index in [2.05, 4.69) is 72.6 Å². The molecule has 2 aliphatic heterocycles. The number of carbonyl (C=O) groups is 2. The van der Waals surface area contributed by atoms with Gasteiger partial charge in [0, 0.05) is 53.4 Å². The SMILES string of the molecule is C=C(CC(=O)OC1C(C)(C)CNCC1(C)C)C(=O)OC1C(C)(C)CNCC1(C)C. The van der Waals surface area contributed by atoms with Crippen LogP contribution in [0.4, 0.5) is 0 Å². The van der Waals surface area contributed by atoms with Crippen molar-refractivity contribution in [2.75, 3.05) is 26.2 Å². The summed E-state index contributed by atoms with van der Waals surface area (Å²) in [5.74, 6) is -0.942. The van der Waals surface area contributed by atoms with E-state index >= 15 is 0 Å². The lowest BCUT2D eigenvalue weighted by molar-refractivity contribution is -0.171. The molecule has 0 spiro atoms. The molecule has 0 radical (unpaired) electrons. The molecule has 2 heterocycles. The van der Waals surface area contributed by atoms with E-state index in [1.165, 1.54) is 0 Å². The van der Waals surface area contributed by atoms with Crippen LogP contribution < -0.4 is 10.6 Å². The number of hydrogen-bond donors (Lipinski definition) is 2. The summed E-state index contributed by atoms with van der Waals surface area (Å²) in [5.41, 5.74) is -0.655. The Morgan fingerprint density at radius 3 is 1.48 bits per heavy atom. The van der Waals surface area contributed by atoms with Crippen LogP contribution in [0.25, 0.3) is 0 Å². The van der Waals surface area contributed by atoms with E-state index in [9.17, 15) is 9.59 Å². The lowest BCUT2D eigenvalue weighted by atomic mass is 9.69. The first-order valence-electron chi connectivity index (χ1n) is 10.6. The summed E-state index contributed by atoms with van der Waals surface area (Å²) in [7, 11) is 0. The van der Waals surface area contributed by atoms with Crippen molar-refractivity contribution in [3.63, 3.8) is 0 Å². The van der Waals surface area contributed by atoms with Crippen LogP contribution in [-0.4, -0.2) is 50.3 Å². The Morgan fingerprint density at radius 1 is 0.759 bits per heavy atom. The third-order valence-corrected chi connectivity index (χ3v) is 6.28. The van der Waals surface area contributed by atoms with Crippen LogP contribution in [0.3, 0.4) is 0 Å². The highest BCUT2D eigenvalue weighted by Crippen LogP contribution is 2.41. The molecule has 2 saturated heterocycles. The molecule has 2 rings (SSSR count). The molecule has 0 aromatic heterocycles. The molecule has 2 N–H and O–H groups in total. The maximum absolute atomic E-state index is 12.7. The fourth-order valence-electron chi connectivity index (χ4n) is 5.15. The van der Waals surface area contributed by atoms with E-state index in [0.29, 0.717) is 0 Å². The van der Waals surface area contributed by atoms with E-state index in [-0.39, 0.29) is 45.9 Å². The molecule has 2 fully saturated rings. The largest absolute Gasteiger partial charge is 0.461 e. The summed E-state index contributed by atoms with van der Waals surface area (Å²) in [6.07, 6.45) is -0.658. The van der Waals surface area contributed by atoms with Crippen molar-refractivity contribution < 1.29 is 19.1 Å². The van der Waals surface area contributed by atoms with Gasteiger partial charge in [0.15, 0.2) is 0 Å². The van der Waals surface area contributed by atoms with E-state index in [1.807, 2.05) is 0 Å². The van der Waals surface area contributed by atoms with Crippen LogP contribution in [0, 0.1) is 21.7 Å². The number of ether oxygens (including phenoxy) is 2. The number of nitrogens with one attached hydrogen (secondary N) is 2. The summed E-state index contributed by atoms with van der Waals surface area (Å²) < 4.78 is 11.7. The lowest BCUT2D eigenvalue weighted by Crippen LogP contribution is -2.58. The lowest BCUT2D eigenvalue weighted by Gasteiger charge is -2.48. The molecule has 0 amide bonds. The van der Waals surface area contributed by atoms with Crippen molar-refractivity contribution in [1.82, 2.24) is 10.6 Å². The van der Waals surface area contributed by atoms with Gasteiger partial charge in [0.2, 0.25) is 0 Å². The third kappa shape index (κ3) is 5.40. The number of rotatable bonds is 5. The van der Waals surface area contributed by atoms with E-state index < -0.39 is 11.9 Å². The highest BCUT2D eigenvalue weighted by Gasteiger charge is 2.48. The number of hydrogen-bond acceptors (Lipinski definition) is 6. The number of carbonyl (C=O) groups excluding carboxylic acids is 2. The number of esters is 2. The van der Waals surface area contributed by atoms with Gasteiger partial charge in [-0.3, -0.25) is 4.79 Å². The monoisotopic (exact) mass is 408 g/mol. The molecule has 29 heavy (non-hydrogen) atoms. The zero-order valence-corrected chi connectivity index (χ0v) is 19.5. The van der Waals surface area contributed by atoms with Gasteiger partial charge in [-0.1, -0.05) is 62.0 Å². The second-order valence-corrected chi connectivity index (χ2v) is 11.6. The highest BCUT2D eigenvalue weighted by atomic mass is 16.6. The van der Waals surface area contributed by atoms with Crippen LogP contribution in [-0.2, 0) is 19.1 Å². The molecule has 0 aromatic rings. The molecule has 0 bridgehead atoms. The maximum Gasteiger partial charge on any atom is 0.334 e. The van der Waals surface area contributed by atoms with E-state index in [4.69, 9.17) is 9.47 Å². The van der Waals surface area contributed by atoms with Gasteiger partial charge in [-0.2, -0.15) is 0 Å². The van der Waals surface area contributed by atoms with Gasteiger partial charge < -0.3 is 20.1 Å². The second-order valence-electron chi connectivity index (χ2n) is 11.6. The van der Waals surface area contributed by atoms with Gasteiger partial charge >= 0.3 is 11.9 Å². The summed E-state index contributed by atoms with van der Waals surface area (Å²) in [4.78, 5) is 25.3. The molecule has 6 nitrogen and oxygen atoms in total. The maximum atomic E-state index is 12.7. The molecule has 6 heteroatoms. The van der Waals surface area contributed by atoms with Crippen molar-refractivity contribution in [3.05, 3.63) is 12.2 Å². The van der Waals surface area contributed by atoms with Crippen LogP contribution in [0.5, 0.6) is 0 Å². The molecule has 0 unspecified atom stereocenters. The van der Waals surface area contributed by atoms with Crippen LogP contribution in [0.2, 0.25) is 0 Å². The summed E-state index contributed by atoms with van der Waals surface area (Å²) in [5, 5.41) is 6.80. The van der Waals surface area contributed by atoms with Gasteiger partial charge in [0.25, 0.3) is 0 Å². The minimum Gasteiger partial charge on any atom is -0.461 e. The molecular weight excluding hydrogens is 368 g/mol. The van der Waals surface area contributed by atoms with Crippen LogP contribution in [0.1, 0.15) is 61.8 Å². The smallest absolute Gasteiger partial charge is 0.334 e.